The van der Waals surface area contributed by atoms with Gasteiger partial charge in [-0.2, -0.15) is 0 Å². The molecule has 0 bridgehead atoms. The molecule has 1 heteroatoms. The molecule has 0 amide bonds. The number of hydrogen-bond acceptors (Lipinski definition) is 1. The molecule has 1 nitrogen and oxygen atoms in total. The summed E-state index contributed by atoms with van der Waals surface area (Å²) in [4.78, 5) is 4.41. The summed E-state index contributed by atoms with van der Waals surface area (Å²) in [5.74, 6) is 0. The smallest absolute Gasteiger partial charge is 0.0698 e. The van der Waals surface area contributed by atoms with Gasteiger partial charge in [0.25, 0.3) is 0 Å². The van der Waals surface area contributed by atoms with Crippen LogP contribution in [0.2, 0.25) is 0 Å². The molecular formula is C12H13N. The molecule has 0 radical (unpaired) electrons. The van der Waals surface area contributed by atoms with Crippen molar-refractivity contribution in [2.24, 2.45) is 0 Å². The molecule has 0 N–H and O–H groups in total. The van der Waals surface area contributed by atoms with Crippen LogP contribution in [0.1, 0.15) is 30.2 Å². The van der Waals surface area contributed by atoms with Gasteiger partial charge in [-0.25, -0.2) is 0 Å². The Labute approximate surface area is 78.8 Å². The van der Waals surface area contributed by atoms with Crippen LogP contribution in [0, 0.1) is 0 Å². The molecule has 66 valence electrons. The molecule has 0 aliphatic heterocycles. The summed E-state index contributed by atoms with van der Waals surface area (Å²) in [7, 11) is 0. The zero-order chi connectivity index (χ0) is 9.10. The second kappa shape index (κ2) is 3.56. The van der Waals surface area contributed by atoms with Crippen molar-refractivity contribution >= 4 is 12.2 Å². The number of aryl methyl sites for hydroxylation is 1. The van der Waals surface area contributed by atoms with E-state index in [2.05, 4.69) is 42.3 Å². The summed E-state index contributed by atoms with van der Waals surface area (Å²) >= 11 is 0. The summed E-state index contributed by atoms with van der Waals surface area (Å²) in [5, 5.41) is 0. The Kier molecular flexibility index (Phi) is 2.26. The molecule has 0 aromatic carbocycles. The van der Waals surface area contributed by atoms with Gasteiger partial charge in [0.1, 0.15) is 0 Å². The number of rotatable bonds is 1. The lowest BCUT2D eigenvalue weighted by Crippen LogP contribution is -1.89. The van der Waals surface area contributed by atoms with Gasteiger partial charge >= 0.3 is 0 Å². The normalized spacial score (nSPS) is 13.9. The largest absolute Gasteiger partial charge is 0.256 e. The van der Waals surface area contributed by atoms with Gasteiger partial charge in [0.15, 0.2) is 0 Å². The summed E-state index contributed by atoms with van der Waals surface area (Å²) < 4.78 is 0. The molecule has 0 atom stereocenters. The second-order valence-electron chi connectivity index (χ2n) is 3.21. The zero-order valence-electron chi connectivity index (χ0n) is 7.83. The molecule has 1 aromatic heterocycles. The van der Waals surface area contributed by atoms with Gasteiger partial charge in [-0.3, -0.25) is 4.98 Å². The number of aromatic nitrogens is 1. The highest BCUT2D eigenvalue weighted by Gasteiger charge is 2.00. The van der Waals surface area contributed by atoms with E-state index < -0.39 is 0 Å². The van der Waals surface area contributed by atoms with Crippen LogP contribution in [0.15, 0.2) is 24.4 Å². The average molecular weight is 171 g/mol. The number of hydrogen-bond donors (Lipinski definition) is 0. The predicted octanol–water partition coefficient (Wildman–Crippen LogP) is 3.07. The fourth-order valence-corrected chi connectivity index (χ4v) is 1.46. The van der Waals surface area contributed by atoms with Crippen LogP contribution >= 0.6 is 0 Å². The Bertz CT molecular complexity index is 361. The summed E-state index contributed by atoms with van der Waals surface area (Å²) in [6.07, 6.45) is 12.6. The standard InChI is InChI=1S/C12H13N/c1-2-10-8-11-6-4-3-5-7-12(11)13-9-10/h4-9H,2-3H2,1H3. The first-order valence-corrected chi connectivity index (χ1v) is 4.72. The molecule has 0 unspecified atom stereocenters. The van der Waals surface area contributed by atoms with Gasteiger partial charge in [-0.15, -0.1) is 0 Å². The molecule has 1 aromatic rings. The number of fused-ring (bicyclic) bond motifs is 1. The van der Waals surface area contributed by atoms with Crippen molar-refractivity contribution < 1.29 is 0 Å². The van der Waals surface area contributed by atoms with Gasteiger partial charge in [0, 0.05) is 11.8 Å². The van der Waals surface area contributed by atoms with Crippen LogP contribution in [0.4, 0.5) is 0 Å². The lowest BCUT2D eigenvalue weighted by Gasteiger charge is -2.01. The van der Waals surface area contributed by atoms with Crippen LogP contribution in [0.25, 0.3) is 12.2 Å². The first-order chi connectivity index (χ1) is 6.40. The van der Waals surface area contributed by atoms with E-state index >= 15 is 0 Å². The third-order valence-electron chi connectivity index (χ3n) is 2.26. The van der Waals surface area contributed by atoms with E-state index in [-0.39, 0.29) is 0 Å². The van der Waals surface area contributed by atoms with Crippen molar-refractivity contribution in [3.8, 4) is 0 Å². The van der Waals surface area contributed by atoms with Gasteiger partial charge in [0.2, 0.25) is 0 Å². The van der Waals surface area contributed by atoms with Gasteiger partial charge in [0.05, 0.1) is 5.69 Å². The predicted molar refractivity (Wildman–Crippen MR) is 56.3 cm³/mol. The zero-order valence-corrected chi connectivity index (χ0v) is 7.83. The molecular weight excluding hydrogens is 158 g/mol. The first-order valence-electron chi connectivity index (χ1n) is 4.72. The van der Waals surface area contributed by atoms with Crippen molar-refractivity contribution in [2.45, 2.75) is 19.8 Å². The van der Waals surface area contributed by atoms with Gasteiger partial charge in [-0.05, 0) is 30.5 Å². The first kappa shape index (κ1) is 8.24. The van der Waals surface area contributed by atoms with Crippen LogP contribution in [-0.4, -0.2) is 4.98 Å². The second-order valence-corrected chi connectivity index (χ2v) is 3.21. The quantitative estimate of drug-likeness (QED) is 0.632. The topological polar surface area (TPSA) is 12.9 Å². The molecule has 13 heavy (non-hydrogen) atoms. The number of allylic oxidation sites excluding steroid dienone is 2. The maximum atomic E-state index is 4.41. The third-order valence-corrected chi connectivity index (χ3v) is 2.26. The lowest BCUT2D eigenvalue weighted by molar-refractivity contribution is 1.09. The minimum Gasteiger partial charge on any atom is -0.256 e. The molecule has 0 fully saturated rings. The van der Waals surface area contributed by atoms with E-state index in [1.54, 1.807) is 0 Å². The van der Waals surface area contributed by atoms with Crippen LogP contribution in [0.5, 0.6) is 0 Å². The number of nitrogens with zero attached hydrogens (tertiary/aromatic N) is 1. The highest BCUT2D eigenvalue weighted by atomic mass is 14.7. The summed E-state index contributed by atoms with van der Waals surface area (Å²) in [5.41, 5.74) is 3.64. The maximum absolute atomic E-state index is 4.41. The SMILES string of the molecule is CCc1cnc2c(c1)C=CCC=C2. The molecule has 1 aliphatic rings. The molecule has 0 spiro atoms. The van der Waals surface area contributed by atoms with Crippen molar-refractivity contribution in [1.82, 2.24) is 4.98 Å². The highest BCUT2D eigenvalue weighted by molar-refractivity contribution is 5.65. The Morgan fingerprint density at radius 1 is 1.31 bits per heavy atom. The molecule has 0 saturated carbocycles. The van der Waals surface area contributed by atoms with Crippen LogP contribution in [-0.2, 0) is 6.42 Å². The highest BCUT2D eigenvalue weighted by Crippen LogP contribution is 2.16. The van der Waals surface area contributed by atoms with E-state index in [9.17, 15) is 0 Å². The Balaban J connectivity index is 2.50. The lowest BCUT2D eigenvalue weighted by atomic mass is 10.1. The van der Waals surface area contributed by atoms with E-state index in [1.807, 2.05) is 6.20 Å². The molecule has 1 heterocycles. The van der Waals surface area contributed by atoms with Gasteiger partial charge in [-0.1, -0.05) is 25.2 Å². The monoisotopic (exact) mass is 171 g/mol. The Morgan fingerprint density at radius 3 is 3.00 bits per heavy atom. The summed E-state index contributed by atoms with van der Waals surface area (Å²) in [6.45, 7) is 2.15. The fraction of sp³-hybridized carbons (Fsp3) is 0.250. The Morgan fingerprint density at radius 2 is 2.15 bits per heavy atom. The van der Waals surface area contributed by atoms with Gasteiger partial charge < -0.3 is 0 Å². The van der Waals surface area contributed by atoms with Crippen molar-refractivity contribution in [3.05, 3.63) is 41.2 Å². The van der Waals surface area contributed by atoms with E-state index in [0.717, 1.165) is 18.5 Å². The summed E-state index contributed by atoms with van der Waals surface area (Å²) in [6, 6.07) is 2.22. The average Bonchev–Trinajstić information content (AvgIpc) is 2.41. The molecule has 2 rings (SSSR count). The van der Waals surface area contributed by atoms with Crippen LogP contribution in [0.3, 0.4) is 0 Å². The number of pyridine rings is 1. The van der Waals surface area contributed by atoms with Crippen molar-refractivity contribution in [3.63, 3.8) is 0 Å². The molecule has 0 saturated heterocycles. The fourth-order valence-electron chi connectivity index (χ4n) is 1.46. The minimum atomic E-state index is 1.01. The maximum Gasteiger partial charge on any atom is 0.0698 e. The van der Waals surface area contributed by atoms with E-state index in [0.29, 0.717) is 0 Å². The Hall–Kier alpha value is -1.37. The van der Waals surface area contributed by atoms with Crippen molar-refractivity contribution in [2.75, 3.05) is 0 Å². The minimum absolute atomic E-state index is 1.01. The molecule has 1 aliphatic carbocycles. The van der Waals surface area contributed by atoms with E-state index in [4.69, 9.17) is 0 Å². The van der Waals surface area contributed by atoms with E-state index in [1.165, 1.54) is 11.1 Å². The van der Waals surface area contributed by atoms with Crippen molar-refractivity contribution in [1.29, 1.82) is 0 Å². The third kappa shape index (κ3) is 1.69. The van der Waals surface area contributed by atoms with Crippen LogP contribution < -0.4 is 0 Å².